The van der Waals surface area contributed by atoms with Gasteiger partial charge in [0.05, 0.1) is 18.4 Å². The summed E-state index contributed by atoms with van der Waals surface area (Å²) < 4.78 is 0. The van der Waals surface area contributed by atoms with Crippen molar-refractivity contribution in [2.24, 2.45) is 5.10 Å². The van der Waals surface area contributed by atoms with Gasteiger partial charge in [0.15, 0.2) is 0 Å². The number of hydrogen-bond acceptors (Lipinski definition) is 5. The van der Waals surface area contributed by atoms with Crippen LogP contribution in [0.4, 0.5) is 0 Å². The number of nitriles is 1. The van der Waals surface area contributed by atoms with E-state index < -0.39 is 5.91 Å². The van der Waals surface area contributed by atoms with Crippen molar-refractivity contribution in [2.75, 3.05) is 0 Å². The van der Waals surface area contributed by atoms with Crippen molar-refractivity contribution in [3.05, 3.63) is 76.9 Å². The van der Waals surface area contributed by atoms with E-state index in [1.165, 1.54) is 24.4 Å². The van der Waals surface area contributed by atoms with Gasteiger partial charge in [-0.1, -0.05) is 36.4 Å². The van der Waals surface area contributed by atoms with Crippen molar-refractivity contribution in [1.82, 2.24) is 5.43 Å². The molecule has 0 aromatic heterocycles. The van der Waals surface area contributed by atoms with E-state index in [1.807, 2.05) is 42.5 Å². The number of aromatic hydroxyl groups is 1. The highest BCUT2D eigenvalue weighted by Gasteiger charge is 2.08. The molecule has 3 rings (SSSR count). The van der Waals surface area contributed by atoms with Gasteiger partial charge in [-0.3, -0.25) is 4.79 Å². The van der Waals surface area contributed by atoms with Gasteiger partial charge in [0.25, 0.3) is 5.91 Å². The molecule has 0 aliphatic heterocycles. The van der Waals surface area contributed by atoms with Gasteiger partial charge in [-0.2, -0.15) is 10.4 Å². The van der Waals surface area contributed by atoms with Crippen LogP contribution in [0.2, 0.25) is 0 Å². The topological polar surface area (TPSA) is 106 Å². The van der Waals surface area contributed by atoms with Crippen LogP contribution in [-0.4, -0.2) is 22.3 Å². The lowest BCUT2D eigenvalue weighted by molar-refractivity contribution is 0.0955. The number of hydrogen-bond donors (Lipinski definition) is 3. The van der Waals surface area contributed by atoms with Gasteiger partial charge in [-0.05, 0) is 34.5 Å². The second kappa shape index (κ2) is 7.47. The monoisotopic (exact) mass is 345 g/mol. The maximum atomic E-state index is 12.1. The lowest BCUT2D eigenvalue weighted by Crippen LogP contribution is -2.17. The lowest BCUT2D eigenvalue weighted by Gasteiger charge is -2.07. The average Bonchev–Trinajstić information content (AvgIpc) is 2.68. The first-order valence-electron chi connectivity index (χ1n) is 7.82. The number of aliphatic hydroxyl groups excluding tert-OH is 1. The fraction of sp³-hybridized carbons (Fsp3) is 0.0500. The Morgan fingerprint density at radius 2 is 1.92 bits per heavy atom. The molecular formula is C20H15N3O3. The van der Waals surface area contributed by atoms with Gasteiger partial charge in [0.2, 0.25) is 0 Å². The molecule has 26 heavy (non-hydrogen) atoms. The molecule has 0 fully saturated rings. The van der Waals surface area contributed by atoms with Crippen molar-refractivity contribution in [2.45, 2.75) is 6.61 Å². The van der Waals surface area contributed by atoms with Crippen LogP contribution in [0, 0.1) is 11.3 Å². The maximum absolute atomic E-state index is 12.1. The Labute approximate surface area is 149 Å². The molecule has 0 saturated heterocycles. The summed E-state index contributed by atoms with van der Waals surface area (Å²) >= 11 is 0. The summed E-state index contributed by atoms with van der Waals surface area (Å²) in [5.74, 6) is -0.669. The first kappa shape index (κ1) is 17.1. The van der Waals surface area contributed by atoms with E-state index >= 15 is 0 Å². The number of amides is 1. The molecule has 3 aromatic rings. The van der Waals surface area contributed by atoms with Crippen LogP contribution in [0.3, 0.4) is 0 Å². The second-order valence-electron chi connectivity index (χ2n) is 5.56. The highest BCUT2D eigenvalue weighted by Crippen LogP contribution is 2.22. The highest BCUT2D eigenvalue weighted by atomic mass is 16.3. The number of aliphatic hydroxyl groups is 1. The van der Waals surface area contributed by atoms with Crippen molar-refractivity contribution < 1.29 is 15.0 Å². The molecule has 0 bridgehead atoms. The lowest BCUT2D eigenvalue weighted by atomic mass is 10.0. The third-order valence-electron chi connectivity index (χ3n) is 3.97. The molecule has 3 N–H and O–H groups in total. The zero-order valence-corrected chi connectivity index (χ0v) is 13.7. The van der Waals surface area contributed by atoms with E-state index in [2.05, 4.69) is 10.5 Å². The Hall–Kier alpha value is -3.69. The molecule has 3 aromatic carbocycles. The van der Waals surface area contributed by atoms with E-state index in [-0.39, 0.29) is 23.5 Å². The molecule has 0 saturated carbocycles. The van der Waals surface area contributed by atoms with Gasteiger partial charge >= 0.3 is 0 Å². The second-order valence-corrected chi connectivity index (χ2v) is 5.56. The molecule has 0 aliphatic rings. The number of carbonyl (C=O) groups excluding carboxylic acids is 1. The Morgan fingerprint density at radius 3 is 2.65 bits per heavy atom. The standard InChI is InChI=1S/C20H15N3O3/c21-10-16-9-13(7-8-19(16)25)20(26)23-22-11-14-5-6-15(12-24)18-4-2-1-3-17(14)18/h1-9,11,24-25H,12H2,(H,23,26)/b22-11+. The van der Waals surface area contributed by atoms with E-state index in [4.69, 9.17) is 5.26 Å². The molecule has 0 atom stereocenters. The summed E-state index contributed by atoms with van der Waals surface area (Å²) in [7, 11) is 0. The Balaban J connectivity index is 1.82. The van der Waals surface area contributed by atoms with Crippen molar-refractivity contribution in [1.29, 1.82) is 5.26 Å². The molecule has 1 amide bonds. The zero-order valence-electron chi connectivity index (χ0n) is 13.7. The molecule has 0 spiro atoms. The minimum absolute atomic E-state index is 0.0206. The number of phenolic OH excluding ortho intramolecular Hbond substituents is 1. The average molecular weight is 345 g/mol. The number of phenols is 1. The van der Waals surface area contributed by atoms with E-state index in [9.17, 15) is 15.0 Å². The smallest absolute Gasteiger partial charge is 0.271 e. The molecule has 0 unspecified atom stereocenters. The van der Waals surface area contributed by atoms with Gasteiger partial charge in [-0.25, -0.2) is 5.43 Å². The van der Waals surface area contributed by atoms with Crippen LogP contribution in [0.25, 0.3) is 10.8 Å². The van der Waals surface area contributed by atoms with Crippen LogP contribution in [0.5, 0.6) is 5.75 Å². The molecule has 128 valence electrons. The summed E-state index contributed by atoms with van der Waals surface area (Å²) in [6.45, 7) is -0.0588. The number of nitrogens with one attached hydrogen (secondary N) is 1. The molecular weight excluding hydrogens is 330 g/mol. The molecule has 0 radical (unpaired) electrons. The van der Waals surface area contributed by atoms with Crippen molar-refractivity contribution >= 4 is 22.9 Å². The van der Waals surface area contributed by atoms with Gasteiger partial charge < -0.3 is 10.2 Å². The Kier molecular flexibility index (Phi) is 4.92. The van der Waals surface area contributed by atoms with Gasteiger partial charge in [0, 0.05) is 11.1 Å². The summed E-state index contributed by atoms with van der Waals surface area (Å²) in [5, 5.41) is 33.6. The maximum Gasteiger partial charge on any atom is 0.271 e. The van der Waals surface area contributed by atoms with E-state index in [0.717, 1.165) is 21.9 Å². The number of nitrogens with zero attached hydrogens (tertiary/aromatic N) is 2. The normalized spacial score (nSPS) is 10.8. The van der Waals surface area contributed by atoms with Gasteiger partial charge in [0.1, 0.15) is 11.8 Å². The van der Waals surface area contributed by atoms with Gasteiger partial charge in [-0.15, -0.1) is 0 Å². The minimum atomic E-state index is -0.492. The summed E-state index contributed by atoms with van der Waals surface area (Å²) in [5.41, 5.74) is 4.25. The fourth-order valence-electron chi connectivity index (χ4n) is 2.63. The number of carbonyl (C=O) groups is 1. The summed E-state index contributed by atoms with van der Waals surface area (Å²) in [6.07, 6.45) is 1.52. The third kappa shape index (κ3) is 3.38. The zero-order chi connectivity index (χ0) is 18.5. The number of rotatable bonds is 4. The van der Waals surface area contributed by atoms with Crippen LogP contribution in [-0.2, 0) is 6.61 Å². The van der Waals surface area contributed by atoms with E-state index in [1.54, 1.807) is 0 Å². The van der Waals surface area contributed by atoms with Crippen LogP contribution >= 0.6 is 0 Å². The molecule has 6 heteroatoms. The molecule has 6 nitrogen and oxygen atoms in total. The number of hydrazone groups is 1. The van der Waals surface area contributed by atoms with Crippen molar-refractivity contribution in [3.8, 4) is 11.8 Å². The van der Waals surface area contributed by atoms with Crippen molar-refractivity contribution in [3.63, 3.8) is 0 Å². The van der Waals surface area contributed by atoms with Crippen LogP contribution < -0.4 is 5.43 Å². The first-order valence-corrected chi connectivity index (χ1v) is 7.82. The predicted molar refractivity (Wildman–Crippen MR) is 97.8 cm³/mol. The quantitative estimate of drug-likeness (QED) is 0.499. The summed E-state index contributed by atoms with van der Waals surface area (Å²) in [4.78, 5) is 12.1. The third-order valence-corrected chi connectivity index (χ3v) is 3.97. The Morgan fingerprint density at radius 1 is 1.15 bits per heavy atom. The largest absolute Gasteiger partial charge is 0.507 e. The SMILES string of the molecule is N#Cc1cc(C(=O)N/N=C/c2ccc(CO)c3ccccc23)ccc1O. The van der Waals surface area contributed by atoms with Crippen LogP contribution in [0.1, 0.15) is 27.0 Å². The summed E-state index contributed by atoms with van der Waals surface area (Å²) in [6, 6.07) is 17.0. The van der Waals surface area contributed by atoms with E-state index in [0.29, 0.717) is 0 Å². The first-order chi connectivity index (χ1) is 12.6. The highest BCUT2D eigenvalue weighted by molar-refractivity contribution is 6.02. The molecule has 0 heterocycles. The molecule has 0 aliphatic carbocycles. The van der Waals surface area contributed by atoms with Crippen LogP contribution in [0.15, 0.2) is 59.7 Å². The minimum Gasteiger partial charge on any atom is -0.507 e. The number of fused-ring (bicyclic) bond motifs is 1. The fourth-order valence-corrected chi connectivity index (χ4v) is 2.63. The number of benzene rings is 3. The Bertz CT molecular complexity index is 1050. The predicted octanol–water partition coefficient (Wildman–Crippen LogP) is 2.67.